The molecule has 21 heavy (non-hydrogen) atoms. The molecule has 2 N–H and O–H groups in total. The molecule has 0 radical (unpaired) electrons. The van der Waals surface area contributed by atoms with Crippen molar-refractivity contribution in [1.29, 1.82) is 0 Å². The van der Waals surface area contributed by atoms with Crippen molar-refractivity contribution in [3.8, 4) is 0 Å². The second-order valence-corrected chi connectivity index (χ2v) is 4.93. The Kier molecular flexibility index (Phi) is 3.41. The van der Waals surface area contributed by atoms with Gasteiger partial charge in [0.1, 0.15) is 0 Å². The van der Waals surface area contributed by atoms with Gasteiger partial charge in [-0.3, -0.25) is 10.1 Å². The van der Waals surface area contributed by atoms with Gasteiger partial charge in [0.25, 0.3) is 5.69 Å². The van der Waals surface area contributed by atoms with Crippen LogP contribution in [0.3, 0.4) is 0 Å². The Morgan fingerprint density at radius 2 is 1.86 bits per heavy atom. The van der Waals surface area contributed by atoms with Crippen LogP contribution in [0, 0.1) is 10.1 Å². The normalized spacial score (nSPS) is 10.9. The summed E-state index contributed by atoms with van der Waals surface area (Å²) < 4.78 is 2.12. The molecular weight excluding hydrogens is 266 g/mol. The minimum Gasteiger partial charge on any atom is -0.343 e. The van der Waals surface area contributed by atoms with Gasteiger partial charge in [0.2, 0.25) is 0 Å². The molecule has 3 aromatic rings. The van der Waals surface area contributed by atoms with Crippen molar-refractivity contribution in [1.82, 2.24) is 4.57 Å². The predicted octanol–water partition coefficient (Wildman–Crippen LogP) is 3.06. The highest BCUT2D eigenvalue weighted by atomic mass is 16.6. The molecule has 1 aromatic heterocycles. The monoisotopic (exact) mass is 281 g/mol. The van der Waals surface area contributed by atoms with Gasteiger partial charge >= 0.3 is 0 Å². The lowest BCUT2D eigenvalue weighted by Gasteiger charge is -2.09. The average Bonchev–Trinajstić information content (AvgIpc) is 2.91. The zero-order chi connectivity index (χ0) is 14.8. The summed E-state index contributed by atoms with van der Waals surface area (Å²) in [7, 11) is 0. The summed E-state index contributed by atoms with van der Waals surface area (Å²) in [5.74, 6) is 0. The van der Waals surface area contributed by atoms with E-state index >= 15 is 0 Å². The first-order chi connectivity index (χ1) is 10.2. The molecule has 0 amide bonds. The molecule has 3 rings (SSSR count). The van der Waals surface area contributed by atoms with E-state index in [4.69, 9.17) is 5.73 Å². The number of nitrogens with two attached hydrogens (primary N) is 1. The number of nitro benzene ring substituents is 1. The fraction of sp³-hybridized carbons (Fsp3) is 0.125. The van der Waals surface area contributed by atoms with Gasteiger partial charge in [-0.25, -0.2) is 0 Å². The van der Waals surface area contributed by atoms with Crippen molar-refractivity contribution >= 4 is 16.6 Å². The average molecular weight is 281 g/mol. The lowest BCUT2D eigenvalue weighted by atomic mass is 10.1. The topological polar surface area (TPSA) is 74.1 Å². The molecule has 5 heteroatoms. The first-order valence-electron chi connectivity index (χ1n) is 6.69. The van der Waals surface area contributed by atoms with E-state index in [-0.39, 0.29) is 10.6 Å². The van der Waals surface area contributed by atoms with Gasteiger partial charge in [-0.05, 0) is 22.6 Å². The maximum Gasteiger partial charge on any atom is 0.269 e. The van der Waals surface area contributed by atoms with E-state index < -0.39 is 0 Å². The molecule has 0 saturated heterocycles. The third kappa shape index (κ3) is 2.51. The SMILES string of the molecule is NCc1cccc2ccn(Cc3ccc([N+](=O)[O-])cc3)c12. The van der Waals surface area contributed by atoms with Crippen LogP contribution >= 0.6 is 0 Å². The van der Waals surface area contributed by atoms with Crippen molar-refractivity contribution in [2.45, 2.75) is 13.1 Å². The zero-order valence-electron chi connectivity index (χ0n) is 11.4. The van der Waals surface area contributed by atoms with E-state index in [0.29, 0.717) is 13.1 Å². The predicted molar refractivity (Wildman–Crippen MR) is 82.0 cm³/mol. The van der Waals surface area contributed by atoms with E-state index in [1.807, 2.05) is 18.3 Å². The zero-order valence-corrected chi connectivity index (χ0v) is 11.4. The molecule has 0 unspecified atom stereocenters. The molecule has 0 saturated carbocycles. The van der Waals surface area contributed by atoms with Gasteiger partial charge < -0.3 is 10.3 Å². The molecule has 0 aliphatic heterocycles. The number of benzene rings is 2. The van der Waals surface area contributed by atoms with Gasteiger partial charge in [-0.2, -0.15) is 0 Å². The lowest BCUT2D eigenvalue weighted by Crippen LogP contribution is -2.03. The molecule has 2 aromatic carbocycles. The summed E-state index contributed by atoms with van der Waals surface area (Å²) in [5, 5.41) is 11.8. The lowest BCUT2D eigenvalue weighted by molar-refractivity contribution is -0.384. The highest BCUT2D eigenvalue weighted by Gasteiger charge is 2.08. The van der Waals surface area contributed by atoms with Gasteiger partial charge in [0.15, 0.2) is 0 Å². The summed E-state index contributed by atoms with van der Waals surface area (Å²) >= 11 is 0. The number of rotatable bonds is 4. The number of fused-ring (bicyclic) bond motifs is 1. The van der Waals surface area contributed by atoms with Crippen LogP contribution in [0.15, 0.2) is 54.7 Å². The molecule has 0 aliphatic carbocycles. The summed E-state index contributed by atoms with van der Waals surface area (Å²) in [4.78, 5) is 10.3. The third-order valence-corrected chi connectivity index (χ3v) is 3.59. The second-order valence-electron chi connectivity index (χ2n) is 4.93. The van der Waals surface area contributed by atoms with E-state index in [1.165, 1.54) is 12.1 Å². The van der Waals surface area contributed by atoms with Crippen molar-refractivity contribution in [2.75, 3.05) is 0 Å². The molecule has 5 nitrogen and oxygen atoms in total. The fourth-order valence-corrected chi connectivity index (χ4v) is 2.56. The van der Waals surface area contributed by atoms with E-state index in [9.17, 15) is 10.1 Å². The van der Waals surface area contributed by atoms with Gasteiger partial charge in [-0.15, -0.1) is 0 Å². The number of hydrogen-bond donors (Lipinski definition) is 1. The molecule has 0 spiro atoms. The number of para-hydroxylation sites is 1. The minimum atomic E-state index is -0.388. The largest absolute Gasteiger partial charge is 0.343 e. The maximum absolute atomic E-state index is 10.7. The Balaban J connectivity index is 1.96. The summed E-state index contributed by atoms with van der Waals surface area (Å²) in [6, 6.07) is 14.8. The fourth-order valence-electron chi connectivity index (χ4n) is 2.56. The van der Waals surface area contributed by atoms with Crippen LogP contribution < -0.4 is 5.73 Å². The number of hydrogen-bond acceptors (Lipinski definition) is 3. The molecule has 0 atom stereocenters. The van der Waals surface area contributed by atoms with E-state index in [1.54, 1.807) is 12.1 Å². The maximum atomic E-state index is 10.7. The Morgan fingerprint density at radius 3 is 2.52 bits per heavy atom. The smallest absolute Gasteiger partial charge is 0.269 e. The van der Waals surface area contributed by atoms with Crippen LogP contribution in [0.5, 0.6) is 0 Å². The second kappa shape index (κ2) is 5.38. The number of non-ortho nitro benzene ring substituents is 1. The van der Waals surface area contributed by atoms with Crippen LogP contribution in [-0.4, -0.2) is 9.49 Å². The molecule has 0 bridgehead atoms. The number of nitro groups is 1. The Bertz CT molecular complexity index is 791. The summed E-state index contributed by atoms with van der Waals surface area (Å²) in [6.07, 6.45) is 2.02. The number of aromatic nitrogens is 1. The Hall–Kier alpha value is -2.66. The third-order valence-electron chi connectivity index (χ3n) is 3.59. The van der Waals surface area contributed by atoms with Crippen LogP contribution in [0.1, 0.15) is 11.1 Å². The van der Waals surface area contributed by atoms with Crippen LogP contribution in [0.25, 0.3) is 10.9 Å². The van der Waals surface area contributed by atoms with Crippen molar-refractivity contribution in [3.63, 3.8) is 0 Å². The minimum absolute atomic E-state index is 0.110. The summed E-state index contributed by atoms with van der Waals surface area (Å²) in [5.41, 5.74) is 9.15. The quantitative estimate of drug-likeness (QED) is 0.590. The first-order valence-corrected chi connectivity index (χ1v) is 6.69. The van der Waals surface area contributed by atoms with E-state index in [2.05, 4.69) is 16.7 Å². The first kappa shape index (κ1) is 13.3. The summed E-state index contributed by atoms with van der Waals surface area (Å²) in [6.45, 7) is 1.15. The van der Waals surface area contributed by atoms with Crippen molar-refractivity contribution < 1.29 is 4.92 Å². The van der Waals surface area contributed by atoms with Gasteiger partial charge in [0, 0.05) is 31.4 Å². The molecule has 106 valence electrons. The molecule has 0 aliphatic rings. The highest BCUT2D eigenvalue weighted by Crippen LogP contribution is 2.22. The van der Waals surface area contributed by atoms with Crippen LogP contribution in [-0.2, 0) is 13.1 Å². The highest BCUT2D eigenvalue weighted by molar-refractivity contribution is 5.83. The van der Waals surface area contributed by atoms with Gasteiger partial charge in [-0.1, -0.05) is 30.3 Å². The molecule has 0 fully saturated rings. The molecule has 1 heterocycles. The Morgan fingerprint density at radius 1 is 1.10 bits per heavy atom. The Labute approximate surface area is 121 Å². The number of nitrogens with zero attached hydrogens (tertiary/aromatic N) is 2. The van der Waals surface area contributed by atoms with Crippen molar-refractivity contribution in [3.05, 3.63) is 76.0 Å². The molecular formula is C16H15N3O2. The van der Waals surface area contributed by atoms with Crippen LogP contribution in [0.4, 0.5) is 5.69 Å². The van der Waals surface area contributed by atoms with E-state index in [0.717, 1.165) is 22.0 Å². The van der Waals surface area contributed by atoms with Crippen molar-refractivity contribution in [2.24, 2.45) is 5.73 Å². The van der Waals surface area contributed by atoms with Gasteiger partial charge in [0.05, 0.1) is 10.4 Å². The van der Waals surface area contributed by atoms with Crippen LogP contribution in [0.2, 0.25) is 0 Å². The standard InChI is InChI=1S/C16H15N3O2/c17-10-14-3-1-2-13-8-9-18(16(13)14)11-12-4-6-15(7-5-12)19(20)21/h1-9H,10-11,17H2.